The average Bonchev–Trinajstić information content (AvgIpc) is 3.15. The molecule has 2 aromatic carbocycles. The number of benzene rings is 2. The van der Waals surface area contributed by atoms with E-state index in [1.807, 2.05) is 60.7 Å². The van der Waals surface area contributed by atoms with Crippen LogP contribution in [0.1, 0.15) is 0 Å². The van der Waals surface area contributed by atoms with Gasteiger partial charge in [-0.25, -0.2) is 9.78 Å². The Balaban J connectivity index is 1.71. The van der Waals surface area contributed by atoms with E-state index >= 15 is 0 Å². The van der Waals surface area contributed by atoms with Gasteiger partial charge in [0.25, 0.3) is 0 Å². The molecule has 0 aliphatic carbocycles. The summed E-state index contributed by atoms with van der Waals surface area (Å²) in [7, 11) is 0. The summed E-state index contributed by atoms with van der Waals surface area (Å²) in [5.41, 5.74) is 5.97. The van der Waals surface area contributed by atoms with Crippen LogP contribution in [-0.4, -0.2) is 16.1 Å². The lowest BCUT2D eigenvalue weighted by atomic mass is 10.4. The molecule has 3 N–H and O–H groups in total. The molecule has 5 nitrogen and oxygen atoms in total. The van der Waals surface area contributed by atoms with Crippen molar-refractivity contribution in [2.75, 3.05) is 0 Å². The van der Waals surface area contributed by atoms with E-state index in [9.17, 15) is 4.79 Å². The molecule has 4 aromatic rings. The number of hydrogen-bond donors (Lipinski definition) is 2. The number of nitrogens with one attached hydrogen (secondary N) is 1. The number of aromatic amines is 1. The van der Waals surface area contributed by atoms with Gasteiger partial charge in [-0.3, -0.25) is 0 Å². The maximum absolute atomic E-state index is 11.2. The molecule has 2 heterocycles. The summed E-state index contributed by atoms with van der Waals surface area (Å²) in [6, 6.07) is 19.9. The van der Waals surface area contributed by atoms with Crippen LogP contribution in [-0.2, 0) is 0 Å². The van der Waals surface area contributed by atoms with Gasteiger partial charge in [-0.15, -0.1) is 0 Å². The van der Waals surface area contributed by atoms with Crippen molar-refractivity contribution in [3.8, 4) is 5.88 Å². The van der Waals surface area contributed by atoms with Crippen LogP contribution in [0.25, 0.3) is 10.3 Å². The van der Waals surface area contributed by atoms with Crippen LogP contribution >= 0.6 is 34.9 Å². The maximum Gasteiger partial charge on any atom is 0.411 e. The zero-order chi connectivity index (χ0) is 17.9. The Labute approximate surface area is 162 Å². The molecule has 0 aliphatic rings. The second-order valence-corrected chi connectivity index (χ2v) is 8.60. The molecule has 0 radical (unpaired) electrons. The van der Waals surface area contributed by atoms with Crippen LogP contribution in [0.15, 0.2) is 79.7 Å². The van der Waals surface area contributed by atoms with Crippen molar-refractivity contribution in [3.63, 3.8) is 0 Å². The van der Waals surface area contributed by atoms with Gasteiger partial charge >= 0.3 is 6.09 Å². The SMILES string of the molecule is NC(=O)Oc1[nH]c2sc(Sc3ccccc3)nc2c1Sc1ccccc1. The number of ether oxygens (including phenoxy) is 1. The number of fused-ring (bicyclic) bond motifs is 1. The van der Waals surface area contributed by atoms with Crippen LogP contribution in [0.5, 0.6) is 5.88 Å². The number of thiazole rings is 1. The summed E-state index contributed by atoms with van der Waals surface area (Å²) >= 11 is 4.60. The number of carbonyl (C=O) groups is 1. The molecule has 2 aromatic heterocycles. The second-order valence-electron chi connectivity index (χ2n) is 5.19. The molecule has 0 saturated carbocycles. The third-order valence-corrected chi connectivity index (χ3v) is 6.50. The summed E-state index contributed by atoms with van der Waals surface area (Å²) in [5, 5.41) is 0. The predicted octanol–water partition coefficient (Wildman–Crippen LogP) is 5.38. The van der Waals surface area contributed by atoms with Crippen LogP contribution in [0.2, 0.25) is 0 Å². The highest BCUT2D eigenvalue weighted by molar-refractivity contribution is 8.01. The van der Waals surface area contributed by atoms with Gasteiger partial charge in [0, 0.05) is 9.79 Å². The van der Waals surface area contributed by atoms with Gasteiger partial charge in [-0.05, 0) is 24.3 Å². The van der Waals surface area contributed by atoms with Crippen molar-refractivity contribution in [3.05, 3.63) is 60.7 Å². The predicted molar refractivity (Wildman–Crippen MR) is 105 cm³/mol. The zero-order valence-electron chi connectivity index (χ0n) is 13.3. The van der Waals surface area contributed by atoms with Crippen LogP contribution in [0.3, 0.4) is 0 Å². The Bertz CT molecular complexity index is 1050. The van der Waals surface area contributed by atoms with E-state index in [1.54, 1.807) is 11.8 Å². The Hall–Kier alpha value is -2.42. The summed E-state index contributed by atoms with van der Waals surface area (Å²) in [6.07, 6.45) is -0.854. The third kappa shape index (κ3) is 3.72. The van der Waals surface area contributed by atoms with E-state index in [1.165, 1.54) is 23.1 Å². The molecule has 130 valence electrons. The number of H-pyrrole nitrogens is 1. The van der Waals surface area contributed by atoms with E-state index in [-0.39, 0.29) is 0 Å². The molecule has 0 spiro atoms. The van der Waals surface area contributed by atoms with Crippen molar-refractivity contribution in [1.82, 2.24) is 9.97 Å². The molecule has 26 heavy (non-hydrogen) atoms. The molecule has 0 saturated heterocycles. The minimum Gasteiger partial charge on any atom is -0.392 e. The number of primary amides is 1. The summed E-state index contributed by atoms with van der Waals surface area (Å²) < 4.78 is 6.06. The topological polar surface area (TPSA) is 81.0 Å². The molecule has 0 atom stereocenters. The number of hydrogen-bond acceptors (Lipinski definition) is 6. The zero-order valence-corrected chi connectivity index (χ0v) is 15.8. The smallest absolute Gasteiger partial charge is 0.392 e. The molecule has 0 unspecified atom stereocenters. The third-order valence-electron chi connectivity index (χ3n) is 3.37. The highest BCUT2D eigenvalue weighted by atomic mass is 32.2. The summed E-state index contributed by atoms with van der Waals surface area (Å²) in [6.45, 7) is 0. The number of aromatic nitrogens is 2. The van der Waals surface area contributed by atoms with Crippen molar-refractivity contribution in [2.45, 2.75) is 19.0 Å². The lowest BCUT2D eigenvalue weighted by Crippen LogP contribution is -2.16. The Morgan fingerprint density at radius 1 is 1.00 bits per heavy atom. The maximum atomic E-state index is 11.2. The van der Waals surface area contributed by atoms with Gasteiger partial charge < -0.3 is 15.5 Å². The van der Waals surface area contributed by atoms with E-state index in [2.05, 4.69) is 4.98 Å². The van der Waals surface area contributed by atoms with Gasteiger partial charge in [0.2, 0.25) is 5.88 Å². The van der Waals surface area contributed by atoms with Gasteiger partial charge in [0.15, 0.2) is 4.34 Å². The first-order chi connectivity index (χ1) is 12.7. The molecule has 0 bridgehead atoms. The quantitative estimate of drug-likeness (QED) is 0.471. The van der Waals surface area contributed by atoms with Gasteiger partial charge in [0.05, 0.1) is 0 Å². The molecular weight excluding hydrogens is 386 g/mol. The molecule has 1 amide bonds. The molecular formula is C18H13N3O2S3. The van der Waals surface area contributed by atoms with E-state index in [4.69, 9.17) is 15.5 Å². The average molecular weight is 400 g/mol. The normalized spacial score (nSPS) is 10.9. The number of nitrogens with zero attached hydrogens (tertiary/aromatic N) is 1. The molecule has 0 fully saturated rings. The van der Waals surface area contributed by atoms with E-state index in [0.29, 0.717) is 5.88 Å². The molecule has 4 rings (SSSR count). The lowest BCUT2D eigenvalue weighted by Gasteiger charge is -2.03. The van der Waals surface area contributed by atoms with Crippen LogP contribution < -0.4 is 10.5 Å². The fraction of sp³-hybridized carbons (Fsp3) is 0. The van der Waals surface area contributed by atoms with Crippen LogP contribution in [0, 0.1) is 0 Å². The lowest BCUT2D eigenvalue weighted by molar-refractivity contribution is 0.208. The standard InChI is InChI=1S/C18H13N3O2S3/c19-17(22)23-15-14(24-11-7-3-1-4-8-11)13-16(21-15)26-18(20-13)25-12-9-5-2-6-10-12/h1-10,21H,(H2,19,22). The highest BCUT2D eigenvalue weighted by Crippen LogP contribution is 2.44. The fourth-order valence-corrected chi connectivity index (χ4v) is 5.37. The number of carbonyl (C=O) groups excluding carboxylic acids is 1. The van der Waals surface area contributed by atoms with Crippen molar-refractivity contribution < 1.29 is 9.53 Å². The molecule has 0 aliphatic heterocycles. The highest BCUT2D eigenvalue weighted by Gasteiger charge is 2.20. The minimum absolute atomic E-state index is 0.330. The Kier molecular flexibility index (Phi) is 4.87. The largest absolute Gasteiger partial charge is 0.411 e. The summed E-state index contributed by atoms with van der Waals surface area (Å²) in [5.74, 6) is 0.330. The van der Waals surface area contributed by atoms with Crippen molar-refractivity contribution >= 4 is 51.3 Å². The van der Waals surface area contributed by atoms with Crippen molar-refractivity contribution in [2.24, 2.45) is 5.73 Å². The first-order valence-corrected chi connectivity index (χ1v) is 10.1. The van der Waals surface area contributed by atoms with E-state index in [0.717, 1.165) is 29.4 Å². The van der Waals surface area contributed by atoms with Gasteiger partial charge in [0.1, 0.15) is 15.2 Å². The van der Waals surface area contributed by atoms with Crippen molar-refractivity contribution in [1.29, 1.82) is 0 Å². The van der Waals surface area contributed by atoms with Gasteiger partial charge in [-0.1, -0.05) is 71.3 Å². The number of amides is 1. The second kappa shape index (κ2) is 7.45. The van der Waals surface area contributed by atoms with Gasteiger partial charge in [-0.2, -0.15) is 0 Å². The van der Waals surface area contributed by atoms with E-state index < -0.39 is 6.09 Å². The number of nitrogens with two attached hydrogens (primary N) is 1. The monoisotopic (exact) mass is 399 g/mol. The Morgan fingerprint density at radius 3 is 2.23 bits per heavy atom. The first-order valence-electron chi connectivity index (χ1n) is 7.64. The molecule has 8 heteroatoms. The summed E-state index contributed by atoms with van der Waals surface area (Å²) in [4.78, 5) is 22.8. The Morgan fingerprint density at radius 2 is 1.62 bits per heavy atom. The number of rotatable bonds is 5. The first kappa shape index (κ1) is 17.0. The fourth-order valence-electron chi connectivity index (χ4n) is 2.31. The minimum atomic E-state index is -0.854. The van der Waals surface area contributed by atoms with Crippen LogP contribution in [0.4, 0.5) is 4.79 Å².